The van der Waals surface area contributed by atoms with Gasteiger partial charge in [-0.2, -0.15) is 0 Å². The molecule has 2 heterocycles. The average molecular weight is 386 g/mol. The molecule has 103 valence electrons. The minimum atomic E-state index is 0.733. The Balaban J connectivity index is 1.97. The molecule has 2 aromatic heterocycles. The highest BCUT2D eigenvalue weighted by atomic mass is 127. The molecule has 0 aliphatic rings. The van der Waals surface area contributed by atoms with Crippen molar-refractivity contribution in [3.63, 3.8) is 0 Å². The quantitative estimate of drug-likeness (QED) is 0.629. The summed E-state index contributed by atoms with van der Waals surface area (Å²) in [5.74, 6) is 0.815. The first kappa shape index (κ1) is 14.0. The van der Waals surface area contributed by atoms with Crippen LogP contribution in [0.15, 0.2) is 67.1 Å². The second kappa shape index (κ2) is 6.67. The zero-order valence-electron chi connectivity index (χ0n) is 11.3. The van der Waals surface area contributed by atoms with Gasteiger partial charge in [-0.1, -0.05) is 0 Å². The molecule has 3 aromatic rings. The molecule has 0 aliphatic heterocycles. The van der Waals surface area contributed by atoms with E-state index in [1.807, 2.05) is 36.7 Å². The van der Waals surface area contributed by atoms with Crippen molar-refractivity contribution in [2.24, 2.45) is 0 Å². The van der Waals surface area contributed by atoms with Gasteiger partial charge in [-0.3, -0.25) is 4.98 Å². The summed E-state index contributed by atoms with van der Waals surface area (Å²) in [6.07, 6.45) is 5.41. The minimum Gasteiger partial charge on any atom is -0.321 e. The fourth-order valence-electron chi connectivity index (χ4n) is 2.04. The second-order valence-electron chi connectivity index (χ2n) is 4.52. The molecule has 3 rings (SSSR count). The summed E-state index contributed by atoms with van der Waals surface area (Å²) in [4.78, 5) is 10.6. The Labute approximate surface area is 137 Å². The number of benzene rings is 1. The van der Waals surface area contributed by atoms with Crippen molar-refractivity contribution in [2.75, 3.05) is 4.90 Å². The van der Waals surface area contributed by atoms with Crippen molar-refractivity contribution in [1.82, 2.24) is 9.97 Å². The van der Waals surface area contributed by atoms with Gasteiger partial charge in [-0.05, 0) is 76.7 Å². The Kier molecular flexibility index (Phi) is 4.45. The predicted molar refractivity (Wildman–Crippen MR) is 92.3 cm³/mol. The van der Waals surface area contributed by atoms with E-state index in [1.54, 1.807) is 6.20 Å². The molecule has 0 amide bonds. The van der Waals surface area contributed by atoms with Crippen LogP contribution in [0.3, 0.4) is 0 Å². The molecular weight excluding hydrogens is 373 g/mol. The van der Waals surface area contributed by atoms with Crippen molar-refractivity contribution < 1.29 is 0 Å². The standard InChI is InChI=1S/C17H13IN3/c18-15-4-6-16(7-5-15)21(17-3-1-2-10-20-17)13-14-8-11-19-12-9-14/h1-2,4-12H,13H2. The van der Waals surface area contributed by atoms with Gasteiger partial charge < -0.3 is 4.90 Å². The topological polar surface area (TPSA) is 29.0 Å². The summed E-state index contributed by atoms with van der Waals surface area (Å²) in [7, 11) is 0. The Hall–Kier alpha value is -1.95. The monoisotopic (exact) mass is 386 g/mol. The lowest BCUT2D eigenvalue weighted by Gasteiger charge is -2.23. The average Bonchev–Trinajstić information content (AvgIpc) is 2.55. The van der Waals surface area contributed by atoms with Crippen LogP contribution in [0.1, 0.15) is 5.56 Å². The van der Waals surface area contributed by atoms with E-state index in [2.05, 4.69) is 67.8 Å². The molecule has 21 heavy (non-hydrogen) atoms. The number of hydrogen-bond donors (Lipinski definition) is 0. The first-order valence-electron chi connectivity index (χ1n) is 6.57. The second-order valence-corrected chi connectivity index (χ2v) is 5.77. The van der Waals surface area contributed by atoms with Gasteiger partial charge in [-0.25, -0.2) is 4.98 Å². The van der Waals surface area contributed by atoms with Gasteiger partial charge in [0.15, 0.2) is 0 Å². The van der Waals surface area contributed by atoms with E-state index >= 15 is 0 Å². The Morgan fingerprint density at radius 3 is 2.43 bits per heavy atom. The summed E-state index contributed by atoms with van der Waals surface area (Å²) in [5, 5.41) is 0. The number of nitrogens with zero attached hydrogens (tertiary/aromatic N) is 3. The van der Waals surface area contributed by atoms with Crippen LogP contribution in [0.5, 0.6) is 0 Å². The molecule has 1 radical (unpaired) electrons. The van der Waals surface area contributed by atoms with Gasteiger partial charge in [-0.15, -0.1) is 0 Å². The van der Waals surface area contributed by atoms with Crippen LogP contribution >= 0.6 is 22.6 Å². The maximum Gasteiger partial charge on any atom is 0.141 e. The van der Waals surface area contributed by atoms with Crippen molar-refractivity contribution in [3.05, 3.63) is 82.3 Å². The van der Waals surface area contributed by atoms with Gasteiger partial charge in [0.25, 0.3) is 0 Å². The van der Waals surface area contributed by atoms with Crippen molar-refractivity contribution in [3.8, 4) is 0 Å². The van der Waals surface area contributed by atoms with Crippen LogP contribution in [0.4, 0.5) is 11.5 Å². The molecular formula is C17H13IN3. The Morgan fingerprint density at radius 2 is 1.76 bits per heavy atom. The highest BCUT2D eigenvalue weighted by Gasteiger charge is 2.11. The molecule has 0 fully saturated rings. The predicted octanol–water partition coefficient (Wildman–Crippen LogP) is 4.22. The van der Waals surface area contributed by atoms with Gasteiger partial charge in [0.05, 0.1) is 0 Å². The van der Waals surface area contributed by atoms with E-state index in [1.165, 1.54) is 9.13 Å². The van der Waals surface area contributed by atoms with Crippen molar-refractivity contribution >= 4 is 34.1 Å². The largest absolute Gasteiger partial charge is 0.321 e. The van der Waals surface area contributed by atoms with E-state index < -0.39 is 0 Å². The van der Waals surface area contributed by atoms with Gasteiger partial charge in [0.2, 0.25) is 0 Å². The molecule has 3 nitrogen and oxygen atoms in total. The van der Waals surface area contributed by atoms with E-state index in [0.717, 1.165) is 18.1 Å². The van der Waals surface area contributed by atoms with E-state index in [-0.39, 0.29) is 0 Å². The van der Waals surface area contributed by atoms with Crippen LogP contribution in [0.2, 0.25) is 0 Å². The van der Waals surface area contributed by atoms with E-state index in [0.29, 0.717) is 0 Å². The number of hydrogen-bond acceptors (Lipinski definition) is 3. The Bertz CT molecular complexity index is 684. The molecule has 1 aromatic carbocycles. The minimum absolute atomic E-state index is 0.733. The Morgan fingerprint density at radius 1 is 1.00 bits per heavy atom. The van der Waals surface area contributed by atoms with Crippen LogP contribution in [-0.2, 0) is 6.54 Å². The first-order valence-corrected chi connectivity index (χ1v) is 7.65. The van der Waals surface area contributed by atoms with Crippen LogP contribution in [0.25, 0.3) is 0 Å². The van der Waals surface area contributed by atoms with Crippen LogP contribution < -0.4 is 4.90 Å². The van der Waals surface area contributed by atoms with Gasteiger partial charge in [0, 0.05) is 40.5 Å². The van der Waals surface area contributed by atoms with Crippen molar-refractivity contribution in [2.45, 2.75) is 6.54 Å². The first-order chi connectivity index (χ1) is 10.3. The zero-order chi connectivity index (χ0) is 14.5. The maximum absolute atomic E-state index is 4.43. The molecule has 0 aliphatic carbocycles. The summed E-state index contributed by atoms with van der Waals surface area (Å²) < 4.78 is 1.21. The van der Waals surface area contributed by atoms with E-state index in [9.17, 15) is 0 Å². The number of rotatable bonds is 4. The van der Waals surface area contributed by atoms with Crippen molar-refractivity contribution in [1.29, 1.82) is 0 Å². The third-order valence-corrected chi connectivity index (χ3v) is 3.79. The fourth-order valence-corrected chi connectivity index (χ4v) is 2.40. The molecule has 0 atom stereocenters. The van der Waals surface area contributed by atoms with Gasteiger partial charge in [0.1, 0.15) is 5.82 Å². The number of pyridine rings is 2. The molecule has 0 N–H and O–H groups in total. The lowest BCUT2D eigenvalue weighted by molar-refractivity contribution is 0.942. The van der Waals surface area contributed by atoms with E-state index in [4.69, 9.17) is 0 Å². The highest BCUT2D eigenvalue weighted by Crippen LogP contribution is 2.25. The number of aromatic nitrogens is 2. The van der Waals surface area contributed by atoms with Crippen LogP contribution in [0, 0.1) is 9.64 Å². The molecule has 0 unspecified atom stereocenters. The number of halogens is 1. The van der Waals surface area contributed by atoms with Gasteiger partial charge >= 0.3 is 0 Å². The zero-order valence-corrected chi connectivity index (χ0v) is 13.4. The normalized spacial score (nSPS) is 10.3. The molecule has 0 bridgehead atoms. The number of anilines is 2. The lowest BCUT2D eigenvalue weighted by Crippen LogP contribution is -2.17. The summed E-state index contributed by atoms with van der Waals surface area (Å²) in [6, 6.07) is 19.4. The maximum atomic E-state index is 4.43. The molecule has 0 saturated heterocycles. The molecule has 0 spiro atoms. The molecule has 4 heteroatoms. The third kappa shape index (κ3) is 3.58. The smallest absolute Gasteiger partial charge is 0.141 e. The fraction of sp³-hybridized carbons (Fsp3) is 0.0588. The lowest BCUT2D eigenvalue weighted by atomic mass is 10.2. The molecule has 0 saturated carbocycles. The SMILES string of the molecule is Ic1ccc(N(Cc2ccncc2)c2[c]cccn2)cc1. The van der Waals surface area contributed by atoms with Crippen LogP contribution in [-0.4, -0.2) is 9.97 Å². The third-order valence-electron chi connectivity index (χ3n) is 3.08. The highest BCUT2D eigenvalue weighted by molar-refractivity contribution is 14.1. The summed E-state index contributed by atoms with van der Waals surface area (Å²) >= 11 is 2.31. The summed E-state index contributed by atoms with van der Waals surface area (Å²) in [5.41, 5.74) is 2.28. The summed E-state index contributed by atoms with van der Waals surface area (Å²) in [6.45, 7) is 0.733.